The third-order valence-corrected chi connectivity index (χ3v) is 17.0. The van der Waals surface area contributed by atoms with E-state index in [-0.39, 0.29) is 61.7 Å². The highest BCUT2D eigenvalue weighted by Crippen LogP contribution is 2.49. The maximum Gasteiger partial charge on any atom is 0.418 e. The topological polar surface area (TPSA) is 336 Å². The van der Waals surface area contributed by atoms with Crippen LogP contribution in [0.1, 0.15) is 121 Å². The summed E-state index contributed by atoms with van der Waals surface area (Å²) in [7, 11) is 5.35. The summed E-state index contributed by atoms with van der Waals surface area (Å²) in [6.45, 7) is 9.80. The Labute approximate surface area is 530 Å². The molecule has 10 atom stereocenters. The van der Waals surface area contributed by atoms with Gasteiger partial charge in [0.1, 0.15) is 52.8 Å². The summed E-state index contributed by atoms with van der Waals surface area (Å²) < 4.78 is 74.6. The van der Waals surface area contributed by atoms with Crippen molar-refractivity contribution in [1.29, 1.82) is 0 Å². The number of urea groups is 1. The number of ether oxygens (including phenoxy) is 5. The number of primary amides is 1. The third kappa shape index (κ3) is 18.3. The van der Waals surface area contributed by atoms with Crippen LogP contribution in [0, 0.1) is 11.8 Å². The van der Waals surface area contributed by atoms with Crippen LogP contribution >= 0.6 is 11.6 Å². The smallest absolute Gasteiger partial charge is 0.418 e. The number of imide groups is 1. The molecule has 10 amide bonds. The highest BCUT2D eigenvalue weighted by Gasteiger charge is 2.64. The zero-order valence-electron chi connectivity index (χ0n) is 52.5. The second-order valence-electron chi connectivity index (χ2n) is 23.7. The van der Waals surface area contributed by atoms with Crippen molar-refractivity contribution in [1.82, 2.24) is 31.1 Å². The molecule has 2 saturated heterocycles. The number of amides is 10. The number of likely N-dealkylation sites (N-methyl/N-ethyl adjacent to an activating group) is 1. The van der Waals surface area contributed by atoms with E-state index in [9.17, 15) is 53.1 Å². The number of esters is 1. The van der Waals surface area contributed by atoms with Gasteiger partial charge in [-0.05, 0) is 101 Å². The number of aliphatic hydroxyl groups is 1. The number of hydrogen-bond acceptors (Lipinski definition) is 16. The summed E-state index contributed by atoms with van der Waals surface area (Å²) in [6, 6.07) is 0.569. The van der Waals surface area contributed by atoms with E-state index in [2.05, 4.69) is 26.6 Å². The molecule has 0 unspecified atom stereocenters. The summed E-state index contributed by atoms with van der Waals surface area (Å²) in [5.41, 5.74) is 0.557. The van der Waals surface area contributed by atoms with Gasteiger partial charge < -0.3 is 65.6 Å². The van der Waals surface area contributed by atoms with Crippen molar-refractivity contribution >= 4 is 82.4 Å². The molecule has 0 radical (unpaired) electrons. The van der Waals surface area contributed by atoms with Crippen molar-refractivity contribution in [2.45, 2.75) is 166 Å². The van der Waals surface area contributed by atoms with Crippen molar-refractivity contribution in [2.24, 2.45) is 17.6 Å². The lowest BCUT2D eigenvalue weighted by Gasteiger charge is -2.42. The largest absolute Gasteiger partial charge is 0.495 e. The first-order valence-corrected chi connectivity index (χ1v) is 30.2. The molecule has 2 fully saturated rings. The number of epoxide rings is 1. The number of benzene rings is 2. The predicted molar refractivity (Wildman–Crippen MR) is 325 cm³/mol. The molecule has 4 aliphatic rings. The molecule has 2 aromatic carbocycles. The van der Waals surface area contributed by atoms with Crippen molar-refractivity contribution in [3.8, 4) is 5.75 Å². The lowest BCUT2D eigenvalue weighted by molar-refractivity contribution is -0.158. The van der Waals surface area contributed by atoms with Crippen molar-refractivity contribution in [2.75, 3.05) is 51.6 Å². The number of alkyl carbamates (subject to hydrolysis) is 1. The number of carbonyl (C=O) groups excluding carboxylic acids is 10. The number of fused-ring (bicyclic) bond motifs is 5. The van der Waals surface area contributed by atoms with Gasteiger partial charge in [0.15, 0.2) is 5.72 Å². The molecule has 8 N–H and O–H groups in total. The van der Waals surface area contributed by atoms with E-state index in [0.29, 0.717) is 37.3 Å². The van der Waals surface area contributed by atoms with Gasteiger partial charge in [0.25, 0.3) is 17.7 Å². The van der Waals surface area contributed by atoms with Gasteiger partial charge in [-0.15, -0.1) is 0 Å². The Balaban J connectivity index is 1.21. The zero-order chi connectivity index (χ0) is 67.4. The summed E-state index contributed by atoms with van der Waals surface area (Å²) in [5, 5.41) is 24.3. The zero-order valence-corrected chi connectivity index (χ0v) is 53.2. The molecule has 4 heterocycles. The molecule has 25 nitrogen and oxygen atoms in total. The van der Waals surface area contributed by atoms with E-state index >= 15 is 13.2 Å². The molecule has 4 bridgehead atoms. The van der Waals surface area contributed by atoms with Crippen LogP contribution in [0.3, 0.4) is 0 Å². The SMILES string of the molecule is COc1cc2cc(c1Cl)N(C)C(=O)C[C@H](OC(=O)[C@H](C)N(C)C(=O)c1ccc(NC(=O)[C@H](CCCCNC(N)=O)NC(=O)[C@@H](NC(=O)CCCCCN3C(=O)C=CC3=O)C(C)C)c(C(F)(F)F)c1)[C@]1(C)O[C@H]1[C@H](C)[C@@H]1C[C@@](O)(NC(=O)O1)[C@H](OC)/C=C/C=C(\C)C2. The van der Waals surface area contributed by atoms with Gasteiger partial charge in [-0.3, -0.25) is 43.8 Å². The number of nitrogens with one attached hydrogen (secondary N) is 5. The van der Waals surface area contributed by atoms with Gasteiger partial charge in [-0.25, -0.2) is 14.4 Å². The van der Waals surface area contributed by atoms with Crippen LogP contribution in [0.2, 0.25) is 5.02 Å². The van der Waals surface area contributed by atoms with Gasteiger partial charge in [0.05, 0.1) is 36.6 Å². The summed E-state index contributed by atoms with van der Waals surface area (Å²) in [5.74, 6) is -7.22. The van der Waals surface area contributed by atoms with E-state index in [1.165, 1.54) is 45.2 Å². The second-order valence-corrected chi connectivity index (χ2v) is 24.0. The lowest BCUT2D eigenvalue weighted by Crippen LogP contribution is -2.63. The number of hydrogen-bond donors (Lipinski definition) is 7. The van der Waals surface area contributed by atoms with Crippen LogP contribution in [0.15, 0.2) is 66.3 Å². The monoisotopic (exact) mass is 1300 g/mol. The summed E-state index contributed by atoms with van der Waals surface area (Å²) in [6.07, 6.45) is -2.33. The number of allylic oxidation sites excluding steroid dienone is 3. The van der Waals surface area contributed by atoms with Gasteiger partial charge in [0.2, 0.25) is 23.6 Å². The molecule has 0 saturated carbocycles. The average Bonchev–Trinajstić information content (AvgIpc) is 1.58. The molecule has 91 heavy (non-hydrogen) atoms. The second kappa shape index (κ2) is 30.8. The van der Waals surface area contributed by atoms with E-state index in [0.717, 1.165) is 34.6 Å². The number of rotatable bonds is 23. The lowest BCUT2D eigenvalue weighted by atomic mass is 9.83. The Kier molecular flexibility index (Phi) is 24.4. The van der Waals surface area contributed by atoms with Crippen LogP contribution in [-0.2, 0) is 65.1 Å². The maximum atomic E-state index is 15.1. The minimum Gasteiger partial charge on any atom is -0.495 e. The molecule has 0 aliphatic carbocycles. The summed E-state index contributed by atoms with van der Waals surface area (Å²) in [4.78, 5) is 135. The highest BCUT2D eigenvalue weighted by atomic mass is 35.5. The first kappa shape index (κ1) is 72.0. The Morgan fingerprint density at radius 2 is 1.66 bits per heavy atom. The van der Waals surface area contributed by atoms with Gasteiger partial charge >= 0.3 is 24.3 Å². The Bertz CT molecular complexity index is 3180. The van der Waals surface area contributed by atoms with E-state index in [4.69, 9.17) is 41.0 Å². The molecular formula is C62H81ClF3N9O16. The molecule has 2 aromatic rings. The van der Waals surface area contributed by atoms with Gasteiger partial charge in [0, 0.05) is 70.8 Å². The van der Waals surface area contributed by atoms with Crippen LogP contribution in [-0.4, -0.2) is 170 Å². The number of anilines is 2. The van der Waals surface area contributed by atoms with E-state index < -0.39 is 155 Å². The fraction of sp³-hybridized carbons (Fsp3) is 0.548. The number of methoxy groups -OCH3 is 2. The normalized spacial score (nSPS) is 24.5. The fourth-order valence-corrected chi connectivity index (χ4v) is 11.3. The van der Waals surface area contributed by atoms with Crippen LogP contribution in [0.4, 0.5) is 34.1 Å². The van der Waals surface area contributed by atoms with E-state index in [1.54, 1.807) is 58.1 Å². The predicted octanol–water partition coefficient (Wildman–Crippen LogP) is 5.74. The number of nitrogens with two attached hydrogens (primary N) is 1. The molecule has 4 aliphatic heterocycles. The molecule has 29 heteroatoms. The van der Waals surface area contributed by atoms with Crippen LogP contribution in [0.5, 0.6) is 5.75 Å². The Morgan fingerprint density at radius 3 is 2.30 bits per heavy atom. The van der Waals surface area contributed by atoms with Crippen LogP contribution in [0.25, 0.3) is 0 Å². The first-order chi connectivity index (χ1) is 42.7. The number of unbranched alkanes of at least 4 members (excludes halogenated alkanes) is 3. The van der Waals surface area contributed by atoms with Gasteiger partial charge in [-0.2, -0.15) is 13.2 Å². The van der Waals surface area contributed by atoms with Crippen molar-refractivity contribution < 1.29 is 89.9 Å². The molecule has 0 aromatic heterocycles. The number of halogens is 4. The van der Waals surface area contributed by atoms with Crippen LogP contribution < -0.4 is 42.0 Å². The first-order valence-electron chi connectivity index (χ1n) is 29.8. The molecule has 6 rings (SSSR count). The van der Waals surface area contributed by atoms with Crippen molar-refractivity contribution in [3.05, 3.63) is 88.0 Å². The van der Waals surface area contributed by atoms with Crippen molar-refractivity contribution in [3.63, 3.8) is 0 Å². The standard InChI is InChI=1S/C62H81ClF3N9O16/c1-33(2)52(71-47(76)20-12-11-15-26-75-48(77)23-24-49(75)78)55(81)70-41(18-13-14-25-68-58(67)84)54(80)69-40-22-21-38(30-39(40)62(64,65)66)56(82)73(7)36(5)57(83)90-46-31-50(79)74(8)42-28-37(29-43(87-9)51(42)63)27-34(3)17-16-19-45(88-10)61(86)32-44(89-59(85)72-61)35(4)53-60(46,6)91-53/h16-17,19,21-24,28-30,33,35-36,41,44-46,52-53,86H,11-15,18,20,25-27,31-32H2,1-10H3,(H,69,80)(H,70,81)(H,71,76)(H,72,85)(H3,67,68,84)/b19-16+,34-17+/t35-,36+,41+,44+,45-,46+,52+,53+,60+,61+/m1/s1. The maximum absolute atomic E-state index is 15.1. The highest BCUT2D eigenvalue weighted by molar-refractivity contribution is 6.35. The Morgan fingerprint density at radius 1 is 0.967 bits per heavy atom. The fourth-order valence-electron chi connectivity index (χ4n) is 11.0. The Hall–Kier alpha value is -8.08. The minimum atomic E-state index is -5.22. The average molecular weight is 1300 g/mol. The summed E-state index contributed by atoms with van der Waals surface area (Å²) >= 11 is 6.82. The number of alkyl halides is 3. The minimum absolute atomic E-state index is 0.0356. The number of nitrogens with zero attached hydrogens (tertiary/aromatic N) is 3. The third-order valence-electron chi connectivity index (χ3n) is 16.6. The number of carbonyl (C=O) groups is 10. The molecule has 0 spiro atoms. The molecular weight excluding hydrogens is 1220 g/mol. The quantitative estimate of drug-likeness (QED) is 0.0302. The van der Waals surface area contributed by atoms with Gasteiger partial charge in [-0.1, -0.05) is 62.6 Å². The van der Waals surface area contributed by atoms with E-state index in [1.807, 2.05) is 6.92 Å². The molecule has 498 valence electrons.